The third-order valence-corrected chi connectivity index (χ3v) is 5.77. The Balaban J connectivity index is 1.46. The molecule has 1 aliphatic carbocycles. The molecule has 3 aromatic rings. The van der Waals surface area contributed by atoms with Crippen LogP contribution in [0.1, 0.15) is 28.1 Å². The number of anilines is 2. The highest BCUT2D eigenvalue weighted by Gasteiger charge is 2.50. The molecule has 4 rings (SSSR count). The van der Waals surface area contributed by atoms with Crippen molar-refractivity contribution in [3.05, 3.63) is 82.6 Å². The lowest BCUT2D eigenvalue weighted by atomic mass is 9.63. The first-order valence-corrected chi connectivity index (χ1v) is 9.78. The summed E-state index contributed by atoms with van der Waals surface area (Å²) in [5, 5.41) is 7.58. The number of hydrogen-bond acceptors (Lipinski definition) is 4. The Labute approximate surface area is 166 Å². The molecule has 140 valence electrons. The summed E-state index contributed by atoms with van der Waals surface area (Å²) in [6.45, 7) is 0. The summed E-state index contributed by atoms with van der Waals surface area (Å²) in [4.78, 5) is 37.4. The first-order valence-electron chi connectivity index (χ1n) is 8.90. The Morgan fingerprint density at radius 3 is 2.04 bits per heavy atom. The molecular formula is C22H18N2O3S. The summed E-state index contributed by atoms with van der Waals surface area (Å²) >= 11 is 1.37. The van der Waals surface area contributed by atoms with Crippen LogP contribution in [0.5, 0.6) is 0 Å². The van der Waals surface area contributed by atoms with Crippen LogP contribution >= 0.6 is 11.3 Å². The SMILES string of the molecule is O=C1CC(C(=O)Nc2ccc(NC(=O)c3cccs3)cc2)(c2ccccc2)C1. The van der Waals surface area contributed by atoms with Gasteiger partial charge in [-0.3, -0.25) is 14.4 Å². The molecule has 2 aromatic carbocycles. The first-order chi connectivity index (χ1) is 13.6. The van der Waals surface area contributed by atoms with Crippen molar-refractivity contribution in [3.8, 4) is 0 Å². The zero-order valence-electron chi connectivity index (χ0n) is 15.0. The van der Waals surface area contributed by atoms with E-state index in [-0.39, 0.29) is 30.4 Å². The maximum absolute atomic E-state index is 12.9. The van der Waals surface area contributed by atoms with Gasteiger partial charge in [-0.2, -0.15) is 0 Å². The highest BCUT2D eigenvalue weighted by molar-refractivity contribution is 7.12. The van der Waals surface area contributed by atoms with Crippen molar-refractivity contribution in [1.82, 2.24) is 0 Å². The standard InChI is InChI=1S/C22H18N2O3S/c25-18-13-22(14-18,15-5-2-1-3-6-15)21(27)24-17-10-8-16(9-11-17)23-20(26)19-7-4-12-28-19/h1-12H,13-14H2,(H,23,26)(H,24,27). The predicted molar refractivity (Wildman–Crippen MR) is 110 cm³/mol. The lowest BCUT2D eigenvalue weighted by Crippen LogP contribution is -2.51. The smallest absolute Gasteiger partial charge is 0.265 e. The molecule has 1 aliphatic rings. The van der Waals surface area contributed by atoms with Gasteiger partial charge in [-0.15, -0.1) is 11.3 Å². The summed E-state index contributed by atoms with van der Waals surface area (Å²) in [5.41, 5.74) is 1.32. The number of thiophene rings is 1. The number of rotatable bonds is 5. The van der Waals surface area contributed by atoms with Crippen LogP contribution in [-0.4, -0.2) is 17.6 Å². The quantitative estimate of drug-likeness (QED) is 0.684. The topological polar surface area (TPSA) is 75.3 Å². The number of carbonyl (C=O) groups is 3. The van der Waals surface area contributed by atoms with Gasteiger partial charge in [-0.1, -0.05) is 36.4 Å². The zero-order valence-corrected chi connectivity index (χ0v) is 15.8. The Kier molecular flexibility index (Phi) is 4.79. The number of amides is 2. The molecule has 28 heavy (non-hydrogen) atoms. The van der Waals surface area contributed by atoms with E-state index in [0.29, 0.717) is 16.3 Å². The predicted octanol–water partition coefficient (Wildman–Crippen LogP) is 4.24. The van der Waals surface area contributed by atoms with E-state index in [1.54, 1.807) is 30.3 Å². The lowest BCUT2D eigenvalue weighted by Gasteiger charge is -2.39. The molecule has 6 heteroatoms. The van der Waals surface area contributed by atoms with E-state index >= 15 is 0 Å². The zero-order chi connectivity index (χ0) is 19.6. The molecule has 0 bridgehead atoms. The first kappa shape index (κ1) is 18.1. The third kappa shape index (κ3) is 3.46. The van der Waals surface area contributed by atoms with Crippen LogP contribution in [0.2, 0.25) is 0 Å². The van der Waals surface area contributed by atoms with E-state index in [2.05, 4.69) is 10.6 Å². The maximum atomic E-state index is 12.9. The van der Waals surface area contributed by atoms with Crippen molar-refractivity contribution < 1.29 is 14.4 Å². The fourth-order valence-corrected chi connectivity index (χ4v) is 3.98. The van der Waals surface area contributed by atoms with E-state index in [4.69, 9.17) is 0 Å². The van der Waals surface area contributed by atoms with Crippen molar-refractivity contribution in [2.45, 2.75) is 18.3 Å². The Morgan fingerprint density at radius 2 is 1.46 bits per heavy atom. The summed E-state index contributed by atoms with van der Waals surface area (Å²) in [7, 11) is 0. The van der Waals surface area contributed by atoms with Gasteiger partial charge >= 0.3 is 0 Å². The molecule has 1 heterocycles. The minimum Gasteiger partial charge on any atom is -0.325 e. The fraction of sp³-hybridized carbons (Fsp3) is 0.136. The van der Waals surface area contributed by atoms with Crippen LogP contribution in [-0.2, 0) is 15.0 Å². The van der Waals surface area contributed by atoms with Gasteiger partial charge in [0.25, 0.3) is 5.91 Å². The summed E-state index contributed by atoms with van der Waals surface area (Å²) < 4.78 is 0. The highest BCUT2D eigenvalue weighted by atomic mass is 32.1. The van der Waals surface area contributed by atoms with Crippen molar-refractivity contribution >= 4 is 40.3 Å². The van der Waals surface area contributed by atoms with Gasteiger partial charge in [0, 0.05) is 24.2 Å². The molecule has 0 radical (unpaired) electrons. The van der Waals surface area contributed by atoms with Crippen LogP contribution < -0.4 is 10.6 Å². The molecule has 1 aromatic heterocycles. The molecule has 0 atom stereocenters. The van der Waals surface area contributed by atoms with Crippen molar-refractivity contribution in [1.29, 1.82) is 0 Å². The molecule has 1 fully saturated rings. The van der Waals surface area contributed by atoms with Gasteiger partial charge in [0.15, 0.2) is 0 Å². The van der Waals surface area contributed by atoms with E-state index in [1.165, 1.54) is 11.3 Å². The van der Waals surface area contributed by atoms with E-state index < -0.39 is 5.41 Å². The molecule has 5 nitrogen and oxygen atoms in total. The molecule has 0 spiro atoms. The summed E-state index contributed by atoms with van der Waals surface area (Å²) in [6, 6.07) is 19.9. The summed E-state index contributed by atoms with van der Waals surface area (Å²) in [5.74, 6) is -0.262. The van der Waals surface area contributed by atoms with E-state index in [1.807, 2.05) is 41.8 Å². The van der Waals surface area contributed by atoms with Crippen LogP contribution in [0.15, 0.2) is 72.1 Å². The molecule has 2 N–H and O–H groups in total. The molecule has 2 amide bonds. The molecule has 0 saturated heterocycles. The average molecular weight is 390 g/mol. The van der Waals surface area contributed by atoms with Crippen LogP contribution in [0.4, 0.5) is 11.4 Å². The van der Waals surface area contributed by atoms with Crippen LogP contribution in [0, 0.1) is 0 Å². The number of benzene rings is 2. The second kappa shape index (κ2) is 7.40. The number of Topliss-reactive ketones (excluding diaryl/α,β-unsaturated/α-hetero) is 1. The van der Waals surface area contributed by atoms with Crippen molar-refractivity contribution in [2.75, 3.05) is 10.6 Å². The number of hydrogen-bond donors (Lipinski definition) is 2. The third-order valence-electron chi connectivity index (χ3n) is 4.90. The maximum Gasteiger partial charge on any atom is 0.265 e. The second-order valence-electron chi connectivity index (χ2n) is 6.80. The van der Waals surface area contributed by atoms with Crippen molar-refractivity contribution in [2.24, 2.45) is 0 Å². The van der Waals surface area contributed by atoms with Crippen LogP contribution in [0.3, 0.4) is 0 Å². The number of ketones is 1. The second-order valence-corrected chi connectivity index (χ2v) is 7.75. The molecule has 1 saturated carbocycles. The van der Waals surface area contributed by atoms with Crippen molar-refractivity contribution in [3.63, 3.8) is 0 Å². The average Bonchev–Trinajstić information content (AvgIpc) is 3.22. The minimum atomic E-state index is -0.801. The number of nitrogens with one attached hydrogen (secondary N) is 2. The lowest BCUT2D eigenvalue weighted by molar-refractivity contribution is -0.138. The van der Waals surface area contributed by atoms with E-state index in [0.717, 1.165) is 5.56 Å². The monoisotopic (exact) mass is 390 g/mol. The Morgan fingerprint density at radius 1 is 0.821 bits per heavy atom. The molecular weight excluding hydrogens is 372 g/mol. The molecule has 0 aliphatic heterocycles. The molecule has 0 unspecified atom stereocenters. The largest absolute Gasteiger partial charge is 0.325 e. The Hall–Kier alpha value is -3.25. The van der Waals surface area contributed by atoms with Gasteiger partial charge in [-0.25, -0.2) is 0 Å². The van der Waals surface area contributed by atoms with Gasteiger partial charge in [0.1, 0.15) is 5.78 Å². The van der Waals surface area contributed by atoms with Gasteiger partial charge in [-0.05, 0) is 41.3 Å². The van der Waals surface area contributed by atoms with Crippen LogP contribution in [0.25, 0.3) is 0 Å². The van der Waals surface area contributed by atoms with Gasteiger partial charge in [0.2, 0.25) is 5.91 Å². The summed E-state index contributed by atoms with van der Waals surface area (Å²) in [6.07, 6.45) is 0.440. The van der Waals surface area contributed by atoms with E-state index in [9.17, 15) is 14.4 Å². The van der Waals surface area contributed by atoms with Gasteiger partial charge < -0.3 is 10.6 Å². The number of carbonyl (C=O) groups excluding carboxylic acids is 3. The van der Waals surface area contributed by atoms with Gasteiger partial charge in [0.05, 0.1) is 10.3 Å². The Bertz CT molecular complexity index is 1000. The fourth-order valence-electron chi connectivity index (χ4n) is 3.36. The highest BCUT2D eigenvalue weighted by Crippen LogP contribution is 2.42. The normalized spacial score (nSPS) is 14.8. The minimum absolute atomic E-state index is 0.0886.